The summed E-state index contributed by atoms with van der Waals surface area (Å²) in [5.74, 6) is 0.374. The van der Waals surface area contributed by atoms with Gasteiger partial charge in [-0.1, -0.05) is 13.0 Å². The molecule has 3 rings (SSSR count). The van der Waals surface area contributed by atoms with Gasteiger partial charge in [-0.05, 0) is 80.1 Å². The van der Waals surface area contributed by atoms with E-state index in [-0.39, 0.29) is 10.9 Å². The van der Waals surface area contributed by atoms with Crippen molar-refractivity contribution >= 4 is 27.4 Å². The standard InChI is InChI=1S/C21H27N3O3S/c1-15-5-4-12-24(14-15)28(26,27)20-10-8-18(9-11-20)22-21(25)23-19-7-6-16(2)17(3)13-19/h6-11,13,15H,4-5,12,14H2,1-3H3,(H2,22,23,25). The van der Waals surface area contributed by atoms with Gasteiger partial charge >= 0.3 is 6.03 Å². The SMILES string of the molecule is Cc1ccc(NC(=O)Nc2ccc(S(=O)(=O)N3CCCC(C)C3)cc2)cc1C. The predicted molar refractivity (Wildman–Crippen MR) is 112 cm³/mol. The topological polar surface area (TPSA) is 78.5 Å². The Bertz CT molecular complexity index is 955. The van der Waals surface area contributed by atoms with E-state index in [1.807, 2.05) is 32.0 Å². The average Bonchev–Trinajstić information content (AvgIpc) is 2.65. The van der Waals surface area contributed by atoms with Gasteiger partial charge in [0.05, 0.1) is 4.90 Å². The molecule has 2 N–H and O–H groups in total. The number of carbonyl (C=O) groups excluding carboxylic acids is 1. The lowest BCUT2D eigenvalue weighted by atomic mass is 10.0. The van der Waals surface area contributed by atoms with Crippen LogP contribution >= 0.6 is 0 Å². The molecular formula is C21H27N3O3S. The molecule has 0 saturated carbocycles. The lowest BCUT2D eigenvalue weighted by Gasteiger charge is -2.30. The Kier molecular flexibility index (Phi) is 6.05. The van der Waals surface area contributed by atoms with Crippen molar-refractivity contribution < 1.29 is 13.2 Å². The Balaban J connectivity index is 1.65. The predicted octanol–water partition coefficient (Wildman–Crippen LogP) is 4.37. The van der Waals surface area contributed by atoms with Crippen LogP contribution in [-0.4, -0.2) is 31.8 Å². The fraction of sp³-hybridized carbons (Fsp3) is 0.381. The van der Waals surface area contributed by atoms with Crippen LogP contribution in [0.15, 0.2) is 47.4 Å². The van der Waals surface area contributed by atoms with Crippen molar-refractivity contribution in [3.8, 4) is 0 Å². The molecule has 2 amide bonds. The molecule has 1 unspecified atom stereocenters. The van der Waals surface area contributed by atoms with E-state index in [0.717, 1.165) is 24.0 Å². The van der Waals surface area contributed by atoms with Gasteiger partial charge in [0.15, 0.2) is 0 Å². The average molecular weight is 402 g/mol. The number of nitrogens with zero attached hydrogens (tertiary/aromatic N) is 1. The first-order valence-corrected chi connectivity index (χ1v) is 10.9. The van der Waals surface area contributed by atoms with Crippen LogP contribution in [0.5, 0.6) is 0 Å². The second-order valence-corrected chi connectivity index (χ2v) is 9.45. The number of nitrogens with one attached hydrogen (secondary N) is 2. The zero-order chi connectivity index (χ0) is 20.3. The fourth-order valence-corrected chi connectivity index (χ4v) is 4.93. The van der Waals surface area contributed by atoms with Gasteiger partial charge in [-0.2, -0.15) is 4.31 Å². The summed E-state index contributed by atoms with van der Waals surface area (Å²) in [4.78, 5) is 12.4. The number of carbonyl (C=O) groups is 1. The molecule has 150 valence electrons. The van der Waals surface area contributed by atoms with Crippen LogP contribution in [0.2, 0.25) is 0 Å². The number of anilines is 2. The van der Waals surface area contributed by atoms with E-state index in [1.54, 1.807) is 28.6 Å². The van der Waals surface area contributed by atoms with Gasteiger partial charge in [-0.15, -0.1) is 0 Å². The lowest BCUT2D eigenvalue weighted by Crippen LogP contribution is -2.39. The smallest absolute Gasteiger partial charge is 0.308 e. The molecule has 7 heteroatoms. The maximum absolute atomic E-state index is 12.8. The van der Waals surface area contributed by atoms with Crippen molar-refractivity contribution in [1.29, 1.82) is 0 Å². The first kappa shape index (κ1) is 20.4. The minimum absolute atomic E-state index is 0.252. The molecule has 0 aliphatic carbocycles. The number of benzene rings is 2. The summed E-state index contributed by atoms with van der Waals surface area (Å²) in [6.45, 7) is 7.19. The Morgan fingerprint density at radius 1 is 1.00 bits per heavy atom. The number of hydrogen-bond acceptors (Lipinski definition) is 3. The van der Waals surface area contributed by atoms with Crippen molar-refractivity contribution in [3.63, 3.8) is 0 Å². The Morgan fingerprint density at radius 2 is 1.64 bits per heavy atom. The molecule has 0 radical (unpaired) electrons. The third-order valence-electron chi connectivity index (χ3n) is 5.13. The van der Waals surface area contributed by atoms with Crippen LogP contribution < -0.4 is 10.6 Å². The summed E-state index contributed by atoms with van der Waals surface area (Å²) in [5, 5.41) is 5.51. The quantitative estimate of drug-likeness (QED) is 0.799. The minimum atomic E-state index is -3.49. The number of rotatable bonds is 4. The monoisotopic (exact) mass is 401 g/mol. The number of amides is 2. The van der Waals surface area contributed by atoms with Crippen LogP contribution in [0.3, 0.4) is 0 Å². The molecule has 0 aromatic heterocycles. The molecule has 1 aliphatic rings. The minimum Gasteiger partial charge on any atom is -0.308 e. The lowest BCUT2D eigenvalue weighted by molar-refractivity contribution is 0.262. The molecule has 1 heterocycles. The normalized spacial score (nSPS) is 17.9. The summed E-state index contributed by atoms with van der Waals surface area (Å²) >= 11 is 0. The van der Waals surface area contributed by atoms with Gasteiger partial charge in [0.1, 0.15) is 0 Å². The third kappa shape index (κ3) is 4.72. The molecule has 6 nitrogen and oxygen atoms in total. The molecule has 2 aromatic rings. The molecular weight excluding hydrogens is 374 g/mol. The summed E-state index contributed by atoms with van der Waals surface area (Å²) in [6.07, 6.45) is 1.95. The summed E-state index contributed by atoms with van der Waals surface area (Å²) in [5.41, 5.74) is 3.50. The highest BCUT2D eigenvalue weighted by atomic mass is 32.2. The van der Waals surface area contributed by atoms with Crippen molar-refractivity contribution in [2.75, 3.05) is 23.7 Å². The Morgan fingerprint density at radius 3 is 2.29 bits per heavy atom. The maximum Gasteiger partial charge on any atom is 0.323 e. The first-order chi connectivity index (χ1) is 13.3. The number of hydrogen-bond donors (Lipinski definition) is 2. The molecule has 1 atom stereocenters. The molecule has 2 aromatic carbocycles. The molecule has 0 spiro atoms. The van der Waals surface area contributed by atoms with Gasteiger partial charge in [-0.3, -0.25) is 0 Å². The molecule has 1 fully saturated rings. The zero-order valence-corrected chi connectivity index (χ0v) is 17.3. The van der Waals surface area contributed by atoms with Gasteiger partial charge < -0.3 is 10.6 Å². The number of piperidine rings is 1. The molecule has 0 bridgehead atoms. The van der Waals surface area contributed by atoms with Gasteiger partial charge in [-0.25, -0.2) is 13.2 Å². The van der Waals surface area contributed by atoms with E-state index < -0.39 is 10.0 Å². The van der Waals surface area contributed by atoms with Crippen LogP contribution in [-0.2, 0) is 10.0 Å². The van der Waals surface area contributed by atoms with Crippen molar-refractivity contribution in [2.24, 2.45) is 5.92 Å². The van der Waals surface area contributed by atoms with Crippen LogP contribution in [0, 0.1) is 19.8 Å². The second-order valence-electron chi connectivity index (χ2n) is 7.51. The van der Waals surface area contributed by atoms with Crippen molar-refractivity contribution in [2.45, 2.75) is 38.5 Å². The molecule has 28 heavy (non-hydrogen) atoms. The van der Waals surface area contributed by atoms with E-state index >= 15 is 0 Å². The summed E-state index contributed by atoms with van der Waals surface area (Å²) < 4.78 is 27.1. The zero-order valence-electron chi connectivity index (χ0n) is 16.5. The first-order valence-electron chi connectivity index (χ1n) is 9.51. The van der Waals surface area contributed by atoms with Crippen molar-refractivity contribution in [1.82, 2.24) is 4.31 Å². The summed E-state index contributed by atoms with van der Waals surface area (Å²) in [7, 11) is -3.49. The van der Waals surface area contributed by atoms with E-state index in [0.29, 0.717) is 30.4 Å². The van der Waals surface area contributed by atoms with Crippen molar-refractivity contribution in [3.05, 3.63) is 53.6 Å². The molecule has 1 aliphatic heterocycles. The Labute approximate surface area is 167 Å². The van der Waals surface area contributed by atoms with Gasteiger partial charge in [0.25, 0.3) is 0 Å². The van der Waals surface area contributed by atoms with Crippen LogP contribution in [0.4, 0.5) is 16.2 Å². The van der Waals surface area contributed by atoms with E-state index in [1.165, 1.54) is 0 Å². The Hall–Kier alpha value is -2.38. The summed E-state index contributed by atoms with van der Waals surface area (Å²) in [6, 6.07) is 11.6. The van der Waals surface area contributed by atoms with E-state index in [9.17, 15) is 13.2 Å². The van der Waals surface area contributed by atoms with E-state index in [4.69, 9.17) is 0 Å². The second kappa shape index (κ2) is 8.32. The van der Waals surface area contributed by atoms with E-state index in [2.05, 4.69) is 17.6 Å². The van der Waals surface area contributed by atoms with Gasteiger partial charge in [0.2, 0.25) is 10.0 Å². The fourth-order valence-electron chi connectivity index (χ4n) is 3.34. The number of urea groups is 1. The number of aryl methyl sites for hydroxylation is 2. The van der Waals surface area contributed by atoms with Crippen LogP contribution in [0.25, 0.3) is 0 Å². The maximum atomic E-state index is 12.8. The third-order valence-corrected chi connectivity index (χ3v) is 7.01. The van der Waals surface area contributed by atoms with Gasteiger partial charge in [0, 0.05) is 24.5 Å². The largest absolute Gasteiger partial charge is 0.323 e. The highest BCUT2D eigenvalue weighted by molar-refractivity contribution is 7.89. The van der Waals surface area contributed by atoms with Crippen LogP contribution in [0.1, 0.15) is 30.9 Å². The highest BCUT2D eigenvalue weighted by Crippen LogP contribution is 2.24. The number of sulfonamides is 1. The molecule has 1 saturated heterocycles. The highest BCUT2D eigenvalue weighted by Gasteiger charge is 2.28.